The highest BCUT2D eigenvalue weighted by Gasteiger charge is 2.11. The van der Waals surface area contributed by atoms with E-state index >= 15 is 0 Å². The third-order valence-corrected chi connectivity index (χ3v) is 2.09. The van der Waals surface area contributed by atoms with Crippen molar-refractivity contribution in [2.45, 2.75) is 12.8 Å². The zero-order valence-electron chi connectivity index (χ0n) is 8.80. The highest BCUT2D eigenvalue weighted by molar-refractivity contribution is 5.94. The Balaban J connectivity index is 2.53. The van der Waals surface area contributed by atoms with Crippen LogP contribution < -0.4 is 11.1 Å². The van der Waals surface area contributed by atoms with Gasteiger partial charge < -0.3 is 11.1 Å². The van der Waals surface area contributed by atoms with Gasteiger partial charge in [0.05, 0.1) is 5.56 Å². The Bertz CT molecular complexity index is 369. The lowest BCUT2D eigenvalue weighted by molar-refractivity contribution is 0.0949. The Labute approximate surface area is 92.6 Å². The summed E-state index contributed by atoms with van der Waals surface area (Å²) in [6.45, 7) is 0.994. The summed E-state index contributed by atoms with van der Waals surface area (Å²) in [5, 5.41) is 2.54. The first-order valence-electron chi connectivity index (χ1n) is 5.08. The Hall–Kier alpha value is -1.49. The molecule has 0 aromatic heterocycles. The molecule has 3 N–H and O–H groups in total. The monoisotopic (exact) mass is 228 g/mol. The first-order valence-corrected chi connectivity index (χ1v) is 5.08. The van der Waals surface area contributed by atoms with Crippen LogP contribution in [0, 0.1) is 11.6 Å². The number of carbonyl (C=O) groups excluding carboxylic acids is 1. The second-order valence-electron chi connectivity index (χ2n) is 3.38. The molecule has 0 fully saturated rings. The minimum atomic E-state index is -0.851. The van der Waals surface area contributed by atoms with Gasteiger partial charge in [0, 0.05) is 12.6 Å². The summed E-state index contributed by atoms with van der Waals surface area (Å²) in [5.41, 5.74) is 5.14. The van der Waals surface area contributed by atoms with Crippen LogP contribution in [0.3, 0.4) is 0 Å². The lowest BCUT2D eigenvalue weighted by Gasteiger charge is -2.05. The van der Waals surface area contributed by atoms with Gasteiger partial charge in [-0.2, -0.15) is 0 Å². The minimum absolute atomic E-state index is 0.144. The topological polar surface area (TPSA) is 55.1 Å². The molecule has 0 radical (unpaired) electrons. The van der Waals surface area contributed by atoms with E-state index in [1.54, 1.807) is 0 Å². The van der Waals surface area contributed by atoms with Crippen molar-refractivity contribution in [3.63, 3.8) is 0 Å². The third-order valence-electron chi connectivity index (χ3n) is 2.09. The summed E-state index contributed by atoms with van der Waals surface area (Å²) < 4.78 is 25.7. The van der Waals surface area contributed by atoms with Crippen LogP contribution in [0.4, 0.5) is 8.78 Å². The molecule has 0 aliphatic rings. The molecule has 0 unspecified atom stereocenters. The molecular formula is C11H14F2N2O. The lowest BCUT2D eigenvalue weighted by atomic mass is 10.2. The van der Waals surface area contributed by atoms with E-state index in [9.17, 15) is 13.6 Å². The van der Waals surface area contributed by atoms with Crippen LogP contribution in [-0.2, 0) is 0 Å². The highest BCUT2D eigenvalue weighted by Crippen LogP contribution is 2.09. The predicted octanol–water partition coefficient (Wildman–Crippen LogP) is 1.43. The van der Waals surface area contributed by atoms with Crippen molar-refractivity contribution in [1.82, 2.24) is 5.32 Å². The van der Waals surface area contributed by atoms with Gasteiger partial charge in [0.25, 0.3) is 5.91 Å². The summed E-state index contributed by atoms with van der Waals surface area (Å²) in [4.78, 5) is 11.4. The Kier molecular flexibility index (Phi) is 4.85. The van der Waals surface area contributed by atoms with Crippen molar-refractivity contribution < 1.29 is 13.6 Å². The molecular weight excluding hydrogens is 214 g/mol. The number of carbonyl (C=O) groups is 1. The van der Waals surface area contributed by atoms with Crippen molar-refractivity contribution in [3.05, 3.63) is 35.4 Å². The van der Waals surface area contributed by atoms with E-state index in [0.29, 0.717) is 19.2 Å². The van der Waals surface area contributed by atoms with E-state index in [0.717, 1.165) is 25.0 Å². The number of benzene rings is 1. The van der Waals surface area contributed by atoms with Crippen molar-refractivity contribution in [1.29, 1.82) is 0 Å². The van der Waals surface area contributed by atoms with E-state index in [1.165, 1.54) is 0 Å². The second-order valence-corrected chi connectivity index (χ2v) is 3.38. The average Bonchev–Trinajstić information content (AvgIpc) is 2.24. The Morgan fingerprint density at radius 3 is 2.69 bits per heavy atom. The molecule has 1 amide bonds. The molecule has 0 heterocycles. The number of hydrogen-bond acceptors (Lipinski definition) is 2. The van der Waals surface area contributed by atoms with Crippen LogP contribution in [0.1, 0.15) is 23.2 Å². The molecule has 1 rings (SSSR count). The summed E-state index contributed by atoms with van der Waals surface area (Å²) in [6.07, 6.45) is 1.54. The average molecular weight is 228 g/mol. The van der Waals surface area contributed by atoms with Gasteiger partial charge in [-0.1, -0.05) is 0 Å². The SMILES string of the molecule is NCCCCNC(=O)c1ccc(F)cc1F. The summed E-state index contributed by atoms with van der Waals surface area (Å²) in [5.74, 6) is -2.08. The number of rotatable bonds is 5. The molecule has 1 aromatic rings. The van der Waals surface area contributed by atoms with Gasteiger partial charge in [0.2, 0.25) is 0 Å². The van der Waals surface area contributed by atoms with Crippen molar-refractivity contribution in [2.75, 3.05) is 13.1 Å². The molecule has 0 saturated heterocycles. The molecule has 5 heteroatoms. The van der Waals surface area contributed by atoms with Crippen LogP contribution in [0.2, 0.25) is 0 Å². The fourth-order valence-electron chi connectivity index (χ4n) is 1.24. The molecule has 1 aromatic carbocycles. The quantitative estimate of drug-likeness (QED) is 0.749. The van der Waals surface area contributed by atoms with Gasteiger partial charge in [-0.3, -0.25) is 4.79 Å². The van der Waals surface area contributed by atoms with Crippen LogP contribution >= 0.6 is 0 Å². The van der Waals surface area contributed by atoms with Crippen molar-refractivity contribution >= 4 is 5.91 Å². The molecule has 0 aliphatic heterocycles. The Morgan fingerprint density at radius 1 is 1.31 bits per heavy atom. The minimum Gasteiger partial charge on any atom is -0.352 e. The summed E-state index contributed by atoms with van der Waals surface area (Å²) in [7, 11) is 0. The standard InChI is InChI=1S/C11H14F2N2O/c12-8-3-4-9(10(13)7-8)11(16)15-6-2-1-5-14/h3-4,7H,1-2,5-6,14H2,(H,15,16). The van der Waals surface area contributed by atoms with E-state index in [1.807, 2.05) is 0 Å². The molecule has 0 aliphatic carbocycles. The first-order chi connectivity index (χ1) is 7.65. The van der Waals surface area contributed by atoms with Gasteiger partial charge in [0.15, 0.2) is 0 Å². The van der Waals surface area contributed by atoms with Crippen LogP contribution in [0.25, 0.3) is 0 Å². The zero-order valence-corrected chi connectivity index (χ0v) is 8.80. The molecule has 0 atom stereocenters. The number of nitrogens with one attached hydrogen (secondary N) is 1. The maximum Gasteiger partial charge on any atom is 0.254 e. The summed E-state index contributed by atoms with van der Waals surface area (Å²) >= 11 is 0. The largest absolute Gasteiger partial charge is 0.352 e. The van der Waals surface area contributed by atoms with E-state index in [-0.39, 0.29) is 5.56 Å². The molecule has 0 saturated carbocycles. The number of halogens is 2. The normalized spacial score (nSPS) is 10.2. The fraction of sp³-hybridized carbons (Fsp3) is 0.364. The summed E-state index contributed by atoms with van der Waals surface area (Å²) in [6, 6.07) is 2.87. The highest BCUT2D eigenvalue weighted by atomic mass is 19.1. The predicted molar refractivity (Wildman–Crippen MR) is 57.0 cm³/mol. The smallest absolute Gasteiger partial charge is 0.254 e. The molecule has 16 heavy (non-hydrogen) atoms. The van der Waals surface area contributed by atoms with E-state index in [2.05, 4.69) is 5.32 Å². The molecule has 3 nitrogen and oxygen atoms in total. The maximum atomic E-state index is 13.2. The van der Waals surface area contributed by atoms with Gasteiger partial charge >= 0.3 is 0 Å². The third kappa shape index (κ3) is 3.58. The van der Waals surface area contributed by atoms with Crippen molar-refractivity contribution in [3.8, 4) is 0 Å². The second kappa shape index (κ2) is 6.17. The van der Waals surface area contributed by atoms with Crippen LogP contribution in [0.5, 0.6) is 0 Å². The number of hydrogen-bond donors (Lipinski definition) is 2. The first kappa shape index (κ1) is 12.6. The van der Waals surface area contributed by atoms with Gasteiger partial charge in [-0.25, -0.2) is 8.78 Å². The van der Waals surface area contributed by atoms with E-state index in [4.69, 9.17) is 5.73 Å². The van der Waals surface area contributed by atoms with Gasteiger partial charge in [-0.05, 0) is 31.5 Å². The lowest BCUT2D eigenvalue weighted by Crippen LogP contribution is -2.25. The van der Waals surface area contributed by atoms with Gasteiger partial charge in [0.1, 0.15) is 11.6 Å². The zero-order chi connectivity index (χ0) is 12.0. The molecule has 0 spiro atoms. The number of unbranched alkanes of at least 4 members (excludes halogenated alkanes) is 1. The number of nitrogens with two attached hydrogens (primary N) is 1. The van der Waals surface area contributed by atoms with E-state index < -0.39 is 17.5 Å². The fourth-order valence-corrected chi connectivity index (χ4v) is 1.24. The molecule has 0 bridgehead atoms. The van der Waals surface area contributed by atoms with Crippen molar-refractivity contribution in [2.24, 2.45) is 5.73 Å². The molecule has 88 valence electrons. The number of amides is 1. The van der Waals surface area contributed by atoms with Gasteiger partial charge in [-0.15, -0.1) is 0 Å². The van der Waals surface area contributed by atoms with Crippen LogP contribution in [-0.4, -0.2) is 19.0 Å². The Morgan fingerprint density at radius 2 is 2.06 bits per heavy atom. The maximum absolute atomic E-state index is 13.2. The van der Waals surface area contributed by atoms with Crippen LogP contribution in [0.15, 0.2) is 18.2 Å².